The Kier molecular flexibility index (Phi) is 19.7. The van der Waals surface area contributed by atoms with E-state index >= 15 is 0 Å². The smallest absolute Gasteiger partial charge is 0.215 e. The van der Waals surface area contributed by atoms with Gasteiger partial charge in [0.15, 0.2) is 0 Å². The second-order valence-electron chi connectivity index (χ2n) is 8.74. The third-order valence-electron chi connectivity index (χ3n) is 4.94. The fraction of sp³-hybridized carbons (Fsp3) is 0.250. The van der Waals surface area contributed by atoms with Crippen molar-refractivity contribution in [2.75, 3.05) is 39.5 Å². The highest BCUT2D eigenvalue weighted by Gasteiger charge is 2.11. The van der Waals surface area contributed by atoms with Gasteiger partial charge in [-0.2, -0.15) is 0 Å². The van der Waals surface area contributed by atoms with Gasteiger partial charge in [-0.3, -0.25) is 17.5 Å². The molecule has 0 bridgehead atoms. The molecular weight excluding hydrogens is 680 g/mol. The molecule has 0 fully saturated rings. The molecule has 0 saturated heterocycles. The highest BCUT2D eigenvalue weighted by atomic mass is 32.3. The van der Waals surface area contributed by atoms with Crippen LogP contribution in [0.4, 0.5) is 17.1 Å². The van der Waals surface area contributed by atoms with Gasteiger partial charge in [0.1, 0.15) is 73.8 Å². The topological polar surface area (TPSA) is 350 Å². The van der Waals surface area contributed by atoms with E-state index in [0.717, 1.165) is 53.9 Å². The molecule has 0 atom stereocenters. The van der Waals surface area contributed by atoms with Crippen molar-refractivity contribution in [2.24, 2.45) is 0 Å². The molecule has 0 heterocycles. The first-order valence-electron chi connectivity index (χ1n) is 12.6. The van der Waals surface area contributed by atoms with Crippen molar-refractivity contribution in [1.82, 2.24) is 0 Å². The van der Waals surface area contributed by atoms with Crippen LogP contribution in [0.5, 0.6) is 17.2 Å². The van der Waals surface area contributed by atoms with Gasteiger partial charge in [-0.1, -0.05) is 0 Å². The van der Waals surface area contributed by atoms with Gasteiger partial charge in [-0.15, -0.1) is 0 Å². The van der Waals surface area contributed by atoms with E-state index in [2.05, 4.69) is 17.2 Å². The van der Waals surface area contributed by atoms with Gasteiger partial charge in [0.2, 0.25) is 20.8 Å². The maximum Gasteiger partial charge on any atom is 0.215 e. The van der Waals surface area contributed by atoms with E-state index in [-0.39, 0.29) is 0 Å². The van der Waals surface area contributed by atoms with Crippen LogP contribution in [0.15, 0.2) is 72.8 Å². The lowest BCUT2D eigenvalue weighted by Gasteiger charge is -2.20. The van der Waals surface area contributed by atoms with E-state index in [1.165, 1.54) is 4.90 Å². The lowest BCUT2D eigenvalue weighted by molar-refractivity contribution is -0.900. The predicted octanol–water partition coefficient (Wildman–Crippen LogP) is -3.60. The van der Waals surface area contributed by atoms with E-state index in [1.54, 1.807) is 0 Å². The van der Waals surface area contributed by atoms with Crippen molar-refractivity contribution in [3.05, 3.63) is 72.8 Å². The summed E-state index contributed by atoms with van der Waals surface area (Å²) < 4.78 is 117. The van der Waals surface area contributed by atoms with Gasteiger partial charge >= 0.3 is 0 Å². The van der Waals surface area contributed by atoms with Crippen LogP contribution in [0.1, 0.15) is 0 Å². The Labute approximate surface area is 266 Å². The minimum atomic E-state index is -5.17. The number of nitrogens with one attached hydrogen (secondary N) is 1. The fourth-order valence-corrected chi connectivity index (χ4v) is 3.07. The lowest BCUT2D eigenvalue weighted by Crippen LogP contribution is -3.13. The SMILES string of the molecule is O=S(=O)([O-])O.O=S(=O)([O-])O.O=S(=O)([O-])[O-].[NH3+]c1ccc(OCC[NH+](CCOc2ccc([NH3+])cc2)CCOc2ccc([NH3+])cc2)cc1. The summed E-state index contributed by atoms with van der Waals surface area (Å²) in [5, 5.41) is 0. The van der Waals surface area contributed by atoms with E-state index in [4.69, 9.17) is 66.8 Å². The summed E-state index contributed by atoms with van der Waals surface area (Å²) in [6, 6.07) is 23.4. The van der Waals surface area contributed by atoms with Crippen LogP contribution in [0.25, 0.3) is 0 Å². The summed E-state index contributed by atoms with van der Waals surface area (Å²) in [6.45, 7) is 4.44. The van der Waals surface area contributed by atoms with Gasteiger partial charge in [0, 0.05) is 46.8 Å². The van der Waals surface area contributed by atoms with Crippen LogP contribution < -0.4 is 36.3 Å². The molecule has 0 spiro atoms. The summed E-state index contributed by atoms with van der Waals surface area (Å²) in [4.78, 5) is 1.36. The predicted molar refractivity (Wildman–Crippen MR) is 154 cm³/mol. The Hall–Kier alpha value is -3.49. The monoisotopic (exact) mass is 716 g/mol. The van der Waals surface area contributed by atoms with Crippen molar-refractivity contribution in [3.8, 4) is 17.2 Å². The van der Waals surface area contributed by atoms with E-state index in [9.17, 15) is 0 Å². The molecule has 260 valence electrons. The number of benzene rings is 3. The largest absolute Gasteiger partial charge is 0.759 e. The Bertz CT molecular complexity index is 1370. The molecule has 0 radical (unpaired) electrons. The molecule has 19 nitrogen and oxygen atoms in total. The summed E-state index contributed by atoms with van der Waals surface area (Å²) in [5.74, 6) is 2.59. The average Bonchev–Trinajstić information content (AvgIpc) is 2.89. The van der Waals surface area contributed by atoms with Crippen molar-refractivity contribution >= 4 is 48.3 Å². The second kappa shape index (κ2) is 21.3. The Morgan fingerprint density at radius 2 is 0.674 bits per heavy atom. The second-order valence-corrected chi connectivity index (χ2v) is 11.3. The molecule has 0 aliphatic heterocycles. The zero-order valence-electron chi connectivity index (χ0n) is 24.2. The number of ether oxygens (including phenoxy) is 3. The maximum atomic E-state index is 8.63. The van der Waals surface area contributed by atoms with Gasteiger partial charge in [-0.05, 0) is 36.4 Å². The molecule has 0 aliphatic rings. The summed E-state index contributed by atoms with van der Waals surface area (Å²) >= 11 is 0. The summed E-state index contributed by atoms with van der Waals surface area (Å²) in [7, 11) is -15.0. The number of rotatable bonds is 12. The standard InChI is InChI=1S/C24H30N4O3.3H2O4S/c25-19-1-7-22(8-2-19)29-16-13-28(14-17-30-23-9-3-20(26)4-10-23)15-18-31-24-11-5-21(27)6-12-24;3*1-5(2,3)4/h1-12H,13-18,25-27H2;3*(H2,1,2,3,4). The Balaban J connectivity index is 0.00000112. The number of quaternary nitrogens is 4. The molecule has 22 heteroatoms. The molecule has 0 saturated carbocycles. The molecule has 3 rings (SSSR count). The van der Waals surface area contributed by atoms with Crippen LogP contribution in [-0.2, 0) is 31.2 Å². The zero-order chi connectivity index (χ0) is 35.4. The molecular formula is C24H36N4O15S3. The maximum absolute atomic E-state index is 8.63. The third-order valence-corrected chi connectivity index (χ3v) is 4.94. The zero-order valence-corrected chi connectivity index (χ0v) is 26.7. The minimum Gasteiger partial charge on any atom is -0.759 e. The van der Waals surface area contributed by atoms with E-state index in [1.807, 2.05) is 72.8 Å². The van der Waals surface area contributed by atoms with Crippen LogP contribution in [-0.4, -0.2) is 92.0 Å². The van der Waals surface area contributed by atoms with Crippen molar-refractivity contribution in [1.29, 1.82) is 0 Å². The quantitative estimate of drug-likeness (QED) is 0.0779. The Morgan fingerprint density at radius 1 is 0.500 bits per heavy atom. The van der Waals surface area contributed by atoms with Crippen molar-refractivity contribution in [3.63, 3.8) is 0 Å². The first kappa shape index (κ1) is 42.5. The first-order valence-corrected chi connectivity index (χ1v) is 16.7. The molecule has 0 aliphatic carbocycles. The molecule has 3 aromatic rings. The highest BCUT2D eigenvalue weighted by molar-refractivity contribution is 7.80. The molecule has 12 N–H and O–H groups in total. The summed E-state index contributed by atoms with van der Waals surface area (Å²) in [6.07, 6.45) is 0. The van der Waals surface area contributed by atoms with Gasteiger partial charge in [0.05, 0.1) is 0 Å². The van der Waals surface area contributed by atoms with Crippen LogP contribution in [0, 0.1) is 0 Å². The third kappa shape index (κ3) is 31.9. The van der Waals surface area contributed by atoms with Crippen LogP contribution in [0.3, 0.4) is 0 Å². The fourth-order valence-electron chi connectivity index (χ4n) is 3.07. The van der Waals surface area contributed by atoms with E-state index in [0.29, 0.717) is 19.8 Å². The lowest BCUT2D eigenvalue weighted by atomic mass is 10.3. The van der Waals surface area contributed by atoms with E-state index < -0.39 is 31.2 Å². The summed E-state index contributed by atoms with van der Waals surface area (Å²) in [5.41, 5.74) is 14.6. The average molecular weight is 717 g/mol. The molecule has 3 aromatic carbocycles. The van der Waals surface area contributed by atoms with Gasteiger partial charge < -0.3 is 54.5 Å². The van der Waals surface area contributed by atoms with Gasteiger partial charge in [-0.25, -0.2) is 16.8 Å². The van der Waals surface area contributed by atoms with Crippen molar-refractivity contribution in [2.45, 2.75) is 0 Å². The van der Waals surface area contributed by atoms with Crippen LogP contribution >= 0.6 is 0 Å². The molecule has 0 amide bonds. The minimum absolute atomic E-state index is 0.623. The number of hydrogen-bond donors (Lipinski definition) is 6. The van der Waals surface area contributed by atoms with Gasteiger partial charge in [0.25, 0.3) is 0 Å². The highest BCUT2D eigenvalue weighted by Crippen LogP contribution is 2.13. The number of hydrogen-bond acceptors (Lipinski definition) is 13. The Morgan fingerprint density at radius 3 is 0.848 bits per heavy atom. The first-order chi connectivity index (χ1) is 21.1. The molecule has 46 heavy (non-hydrogen) atoms. The molecule has 0 unspecified atom stereocenters. The van der Waals surface area contributed by atoms with Crippen LogP contribution in [0.2, 0.25) is 0 Å². The molecule has 0 aromatic heterocycles. The normalized spacial score (nSPS) is 11.1. The van der Waals surface area contributed by atoms with Crippen molar-refractivity contribution < 1.29 is 88.9 Å².